The molecule has 2 fully saturated rings. The standard InChI is InChI=1S/C26H28N8O5/c1-33-12-19(13-33)38-24-11-28-10-20(30-24)16-4-7-29-17(8-16)9-27-6-5-18-14-34(26(36)39-18)22-3-2-21-25(31-22)32-23(35)15-37-21/h2-4,7-8,10-11,18-19,27H,5-6,9,12-15H2,1H3,(H,31,32,35). The van der Waals surface area contributed by atoms with Gasteiger partial charge in [-0.15, -0.1) is 0 Å². The molecule has 2 saturated heterocycles. The van der Waals surface area contributed by atoms with Crippen molar-refractivity contribution in [2.45, 2.75) is 25.2 Å². The molecule has 6 heterocycles. The van der Waals surface area contributed by atoms with Crippen LogP contribution in [0.2, 0.25) is 0 Å². The number of carbonyl (C=O) groups is 2. The van der Waals surface area contributed by atoms with Crippen LogP contribution in [0.25, 0.3) is 11.3 Å². The van der Waals surface area contributed by atoms with Crippen LogP contribution < -0.4 is 25.0 Å². The SMILES string of the molecule is CN1CC(Oc2cncc(-c3ccnc(CNCCC4CN(c5ccc6c(n5)NC(=O)CO6)C(=O)O4)c3)n2)C1. The van der Waals surface area contributed by atoms with Crippen LogP contribution in [0.3, 0.4) is 0 Å². The summed E-state index contributed by atoms with van der Waals surface area (Å²) in [6.45, 7) is 3.25. The molecule has 1 unspecified atom stereocenters. The van der Waals surface area contributed by atoms with Crippen LogP contribution in [0.1, 0.15) is 12.1 Å². The summed E-state index contributed by atoms with van der Waals surface area (Å²) in [4.78, 5) is 45.4. The van der Waals surface area contributed by atoms with Gasteiger partial charge in [0.15, 0.2) is 18.2 Å². The molecule has 2 N–H and O–H groups in total. The third kappa shape index (κ3) is 5.73. The van der Waals surface area contributed by atoms with Crippen LogP contribution >= 0.6 is 0 Å². The lowest BCUT2D eigenvalue weighted by molar-refractivity contribution is -0.118. The van der Waals surface area contributed by atoms with Crippen LogP contribution in [0.15, 0.2) is 42.9 Å². The van der Waals surface area contributed by atoms with E-state index < -0.39 is 6.09 Å². The summed E-state index contributed by atoms with van der Waals surface area (Å²) in [5, 5.41) is 6.01. The van der Waals surface area contributed by atoms with Crippen molar-refractivity contribution in [3.8, 4) is 22.9 Å². The molecule has 3 aromatic heterocycles. The van der Waals surface area contributed by atoms with Gasteiger partial charge in [0.05, 0.1) is 30.3 Å². The van der Waals surface area contributed by atoms with E-state index in [1.165, 1.54) is 4.90 Å². The Labute approximate surface area is 224 Å². The molecule has 202 valence electrons. The molecule has 13 heteroatoms. The van der Waals surface area contributed by atoms with Gasteiger partial charge in [-0.2, -0.15) is 0 Å². The molecule has 2 amide bonds. The van der Waals surface area contributed by atoms with Crippen molar-refractivity contribution in [3.05, 3.63) is 48.5 Å². The maximum atomic E-state index is 12.5. The highest BCUT2D eigenvalue weighted by molar-refractivity contribution is 5.95. The highest BCUT2D eigenvalue weighted by Crippen LogP contribution is 2.30. The summed E-state index contributed by atoms with van der Waals surface area (Å²) in [6, 6.07) is 7.23. The molecule has 1 atom stereocenters. The number of hydrogen-bond donors (Lipinski definition) is 2. The largest absolute Gasteiger partial charge is 0.480 e. The zero-order chi connectivity index (χ0) is 26.8. The van der Waals surface area contributed by atoms with E-state index in [2.05, 4.69) is 42.5 Å². The maximum Gasteiger partial charge on any atom is 0.415 e. The van der Waals surface area contributed by atoms with Gasteiger partial charge < -0.3 is 24.8 Å². The summed E-state index contributed by atoms with van der Waals surface area (Å²) >= 11 is 0. The summed E-state index contributed by atoms with van der Waals surface area (Å²) in [5.74, 6) is 1.41. The number of cyclic esters (lactones) is 1. The zero-order valence-electron chi connectivity index (χ0n) is 21.4. The molecule has 0 aliphatic carbocycles. The second-order valence-electron chi connectivity index (χ2n) is 9.67. The van der Waals surface area contributed by atoms with Crippen molar-refractivity contribution in [2.75, 3.05) is 50.1 Å². The predicted octanol–water partition coefficient (Wildman–Crippen LogP) is 1.46. The number of nitrogens with one attached hydrogen (secondary N) is 2. The fourth-order valence-corrected chi connectivity index (χ4v) is 4.61. The van der Waals surface area contributed by atoms with Gasteiger partial charge >= 0.3 is 6.09 Å². The van der Waals surface area contributed by atoms with Crippen LogP contribution in [0.5, 0.6) is 11.6 Å². The third-order valence-electron chi connectivity index (χ3n) is 6.60. The van der Waals surface area contributed by atoms with Crippen molar-refractivity contribution in [1.29, 1.82) is 0 Å². The van der Waals surface area contributed by atoms with Gasteiger partial charge in [-0.3, -0.25) is 24.6 Å². The minimum Gasteiger partial charge on any atom is -0.480 e. The molecule has 0 spiro atoms. The number of fused-ring (bicyclic) bond motifs is 1. The van der Waals surface area contributed by atoms with Gasteiger partial charge in [-0.1, -0.05) is 0 Å². The fourth-order valence-electron chi connectivity index (χ4n) is 4.61. The number of pyridine rings is 2. The number of amides is 2. The van der Waals surface area contributed by atoms with E-state index in [1.54, 1.807) is 30.7 Å². The minimum absolute atomic E-state index is 0.0521. The topological polar surface area (TPSA) is 144 Å². The third-order valence-corrected chi connectivity index (χ3v) is 6.60. The summed E-state index contributed by atoms with van der Waals surface area (Å²) in [6.07, 6.45) is 5.10. The molecule has 3 aromatic rings. The molecule has 0 aromatic carbocycles. The molecule has 0 radical (unpaired) electrons. The van der Waals surface area contributed by atoms with Crippen LogP contribution in [-0.2, 0) is 16.1 Å². The summed E-state index contributed by atoms with van der Waals surface area (Å²) in [7, 11) is 2.05. The molecule has 3 aliphatic rings. The molecule has 0 bridgehead atoms. The number of likely N-dealkylation sites (N-methyl/N-ethyl adjacent to an activating group) is 1. The molecule has 3 aliphatic heterocycles. The molecule has 0 saturated carbocycles. The van der Waals surface area contributed by atoms with Gasteiger partial charge in [0.25, 0.3) is 5.91 Å². The van der Waals surface area contributed by atoms with E-state index in [0.29, 0.717) is 49.3 Å². The van der Waals surface area contributed by atoms with Crippen molar-refractivity contribution < 1.29 is 23.8 Å². The number of ether oxygens (including phenoxy) is 3. The second-order valence-corrected chi connectivity index (χ2v) is 9.67. The van der Waals surface area contributed by atoms with E-state index in [1.807, 2.05) is 12.1 Å². The first-order valence-electron chi connectivity index (χ1n) is 12.8. The Kier molecular flexibility index (Phi) is 6.90. The van der Waals surface area contributed by atoms with E-state index in [4.69, 9.17) is 14.2 Å². The average molecular weight is 533 g/mol. The number of aromatic nitrogens is 4. The molecular formula is C26H28N8O5. The van der Waals surface area contributed by atoms with Gasteiger partial charge in [0, 0.05) is 31.4 Å². The van der Waals surface area contributed by atoms with Gasteiger partial charge in [-0.25, -0.2) is 14.8 Å². The number of likely N-dealkylation sites (tertiary alicyclic amines) is 1. The highest BCUT2D eigenvalue weighted by atomic mass is 16.6. The van der Waals surface area contributed by atoms with Crippen LogP contribution in [-0.4, -0.2) is 88.9 Å². The number of rotatable bonds is 9. The van der Waals surface area contributed by atoms with E-state index >= 15 is 0 Å². The lowest BCUT2D eigenvalue weighted by Gasteiger charge is -2.35. The maximum absolute atomic E-state index is 12.5. The Balaban J connectivity index is 0.996. The predicted molar refractivity (Wildman–Crippen MR) is 139 cm³/mol. The lowest BCUT2D eigenvalue weighted by atomic mass is 10.1. The number of hydrogen-bond acceptors (Lipinski definition) is 11. The summed E-state index contributed by atoms with van der Waals surface area (Å²) in [5.41, 5.74) is 2.49. The Morgan fingerprint density at radius 3 is 2.92 bits per heavy atom. The first-order chi connectivity index (χ1) is 19.0. The molecule has 13 nitrogen and oxygen atoms in total. The lowest BCUT2D eigenvalue weighted by Crippen LogP contribution is -2.51. The minimum atomic E-state index is -0.471. The zero-order valence-corrected chi connectivity index (χ0v) is 21.4. The van der Waals surface area contributed by atoms with Crippen molar-refractivity contribution in [1.82, 2.24) is 30.2 Å². The normalized spacial score (nSPS) is 19.1. The number of nitrogens with zero attached hydrogens (tertiary/aromatic N) is 6. The van der Waals surface area contributed by atoms with Crippen molar-refractivity contribution >= 4 is 23.6 Å². The smallest absolute Gasteiger partial charge is 0.415 e. The van der Waals surface area contributed by atoms with Crippen molar-refractivity contribution in [2.24, 2.45) is 0 Å². The number of anilines is 2. The van der Waals surface area contributed by atoms with Gasteiger partial charge in [0.2, 0.25) is 5.88 Å². The Hall–Kier alpha value is -4.36. The quantitative estimate of drug-likeness (QED) is 0.387. The van der Waals surface area contributed by atoms with E-state index in [9.17, 15) is 9.59 Å². The Morgan fingerprint density at radius 2 is 2.05 bits per heavy atom. The van der Waals surface area contributed by atoms with Crippen LogP contribution in [0, 0.1) is 0 Å². The van der Waals surface area contributed by atoms with Crippen molar-refractivity contribution in [3.63, 3.8) is 0 Å². The highest BCUT2D eigenvalue weighted by Gasteiger charge is 2.33. The van der Waals surface area contributed by atoms with Gasteiger partial charge in [0.1, 0.15) is 18.0 Å². The Morgan fingerprint density at radius 1 is 1.15 bits per heavy atom. The number of carbonyl (C=O) groups excluding carboxylic acids is 2. The fraction of sp³-hybridized carbons (Fsp3) is 0.385. The van der Waals surface area contributed by atoms with Crippen LogP contribution in [0.4, 0.5) is 16.4 Å². The van der Waals surface area contributed by atoms with E-state index in [0.717, 1.165) is 30.0 Å². The first kappa shape index (κ1) is 24.9. The molecular weight excluding hydrogens is 504 g/mol. The monoisotopic (exact) mass is 532 g/mol. The first-order valence-corrected chi connectivity index (χ1v) is 12.8. The van der Waals surface area contributed by atoms with Gasteiger partial charge in [-0.05, 0) is 44.3 Å². The molecule has 39 heavy (non-hydrogen) atoms. The Bertz CT molecular complexity index is 1380. The molecule has 6 rings (SSSR count). The summed E-state index contributed by atoms with van der Waals surface area (Å²) < 4.78 is 16.8. The second kappa shape index (κ2) is 10.8. The average Bonchev–Trinajstić information content (AvgIpc) is 3.30. The van der Waals surface area contributed by atoms with E-state index in [-0.39, 0.29) is 24.7 Å².